The molecule has 0 aliphatic carbocycles. The third-order valence-electron chi connectivity index (χ3n) is 11.2. The second-order valence-corrected chi connectivity index (χ2v) is 16.1. The van der Waals surface area contributed by atoms with Crippen LogP contribution in [0.5, 0.6) is 0 Å². The van der Waals surface area contributed by atoms with Crippen LogP contribution in [0.4, 0.5) is 0 Å². The summed E-state index contributed by atoms with van der Waals surface area (Å²) in [5, 5.41) is 0. The molecule has 1 aliphatic heterocycles. The van der Waals surface area contributed by atoms with Gasteiger partial charge in [-0.1, -0.05) is 141 Å². The van der Waals surface area contributed by atoms with E-state index in [1.54, 1.807) is 0 Å². The zero-order valence-electron chi connectivity index (χ0n) is 31.6. The lowest BCUT2D eigenvalue weighted by Gasteiger charge is -2.37. The summed E-state index contributed by atoms with van der Waals surface area (Å²) in [6.45, 7) is 7.52. The number of aromatic nitrogens is 1. The summed E-state index contributed by atoms with van der Waals surface area (Å²) in [6, 6.07) is 51.3. The average molecular weight is 694 g/mol. The summed E-state index contributed by atoms with van der Waals surface area (Å²) >= 11 is 0. The van der Waals surface area contributed by atoms with Crippen molar-refractivity contribution < 1.29 is 9.47 Å². The Balaban J connectivity index is 1.40. The van der Waals surface area contributed by atoms with Crippen molar-refractivity contribution in [2.75, 3.05) is 26.4 Å². The van der Waals surface area contributed by atoms with E-state index in [9.17, 15) is 0 Å². The van der Waals surface area contributed by atoms with Crippen LogP contribution in [-0.2, 0) is 48.0 Å². The smallest absolute Gasteiger partial charge is 0.0700 e. The molecule has 0 fully saturated rings. The maximum atomic E-state index is 6.22. The summed E-state index contributed by atoms with van der Waals surface area (Å²) in [5.74, 6) is 0.922. The third kappa shape index (κ3) is 11.7. The first-order valence-corrected chi connectivity index (χ1v) is 19.7. The first-order valence-electron chi connectivity index (χ1n) is 19.7. The Morgan fingerprint density at radius 1 is 0.462 bits per heavy atom. The molecule has 2 bridgehead atoms. The molecular formula is C49H59NO2. The molecule has 272 valence electrons. The highest BCUT2D eigenvalue weighted by Crippen LogP contribution is 2.40. The lowest BCUT2D eigenvalue weighted by Crippen LogP contribution is -2.32. The fourth-order valence-electron chi connectivity index (χ4n) is 8.47. The fourth-order valence-corrected chi connectivity index (χ4v) is 8.47. The highest BCUT2D eigenvalue weighted by molar-refractivity contribution is 5.26. The second kappa shape index (κ2) is 19.1. The minimum atomic E-state index is 0.00914. The van der Waals surface area contributed by atoms with Crippen LogP contribution < -0.4 is 0 Å². The number of benzene rings is 4. The Morgan fingerprint density at radius 3 is 1.12 bits per heavy atom. The monoisotopic (exact) mass is 693 g/mol. The van der Waals surface area contributed by atoms with Gasteiger partial charge in [-0.2, -0.15) is 0 Å². The highest BCUT2D eigenvalue weighted by Gasteiger charge is 2.35. The topological polar surface area (TPSA) is 31.4 Å². The van der Waals surface area contributed by atoms with E-state index in [0.29, 0.717) is 25.0 Å². The predicted octanol–water partition coefficient (Wildman–Crippen LogP) is 11.0. The van der Waals surface area contributed by atoms with Gasteiger partial charge in [0.1, 0.15) is 0 Å². The summed E-state index contributed by atoms with van der Waals surface area (Å²) in [4.78, 5) is 5.60. The SMILES string of the molecule is CC1CCC(Cc2ccccc2)(Cc2ccccc2)Cc2cccc(n2)CC(Cc2ccccc2)(Cc2ccccc2)CCC(C)COCCOC1. The zero-order valence-corrected chi connectivity index (χ0v) is 31.6. The third-order valence-corrected chi connectivity index (χ3v) is 11.2. The van der Waals surface area contributed by atoms with E-state index in [1.165, 1.54) is 33.6 Å². The van der Waals surface area contributed by atoms with Crippen LogP contribution in [0, 0.1) is 22.7 Å². The number of hydrogen-bond acceptors (Lipinski definition) is 3. The van der Waals surface area contributed by atoms with Gasteiger partial charge in [-0.25, -0.2) is 0 Å². The minimum absolute atomic E-state index is 0.00914. The number of pyridine rings is 1. The van der Waals surface area contributed by atoms with Crippen molar-refractivity contribution in [3.05, 3.63) is 173 Å². The normalized spacial score (nSPS) is 20.2. The fraction of sp³-hybridized carbons (Fsp3) is 0.408. The molecule has 2 unspecified atom stereocenters. The molecule has 3 nitrogen and oxygen atoms in total. The lowest BCUT2D eigenvalue weighted by molar-refractivity contribution is 0.0206. The summed E-state index contributed by atoms with van der Waals surface area (Å²) in [5.41, 5.74) is 8.02. The number of rotatable bonds is 8. The van der Waals surface area contributed by atoms with Crippen molar-refractivity contribution in [3.8, 4) is 0 Å². The van der Waals surface area contributed by atoms with Crippen molar-refractivity contribution in [3.63, 3.8) is 0 Å². The zero-order chi connectivity index (χ0) is 35.9. The van der Waals surface area contributed by atoms with Crippen LogP contribution in [0.15, 0.2) is 140 Å². The average Bonchev–Trinajstić information content (AvgIpc) is 3.16. The van der Waals surface area contributed by atoms with E-state index >= 15 is 0 Å². The molecule has 0 N–H and O–H groups in total. The molecule has 0 saturated carbocycles. The molecule has 4 aromatic carbocycles. The van der Waals surface area contributed by atoms with Gasteiger partial charge in [0.05, 0.1) is 13.2 Å². The summed E-state index contributed by atoms with van der Waals surface area (Å²) in [6.07, 6.45) is 10.4. The van der Waals surface area contributed by atoms with Crippen LogP contribution in [0.1, 0.15) is 73.2 Å². The van der Waals surface area contributed by atoms with Gasteiger partial charge >= 0.3 is 0 Å². The summed E-state index contributed by atoms with van der Waals surface area (Å²) < 4.78 is 12.4. The molecule has 2 atom stereocenters. The Labute approximate surface area is 313 Å². The van der Waals surface area contributed by atoms with E-state index in [0.717, 1.165) is 77.4 Å². The van der Waals surface area contributed by atoms with Crippen molar-refractivity contribution in [2.45, 2.75) is 78.1 Å². The molecule has 0 spiro atoms. The molecule has 1 aliphatic rings. The van der Waals surface area contributed by atoms with Gasteiger partial charge < -0.3 is 9.47 Å². The highest BCUT2D eigenvalue weighted by atomic mass is 16.5. The van der Waals surface area contributed by atoms with E-state index in [2.05, 4.69) is 153 Å². The molecule has 5 aromatic rings. The molecule has 2 heterocycles. The van der Waals surface area contributed by atoms with Gasteiger partial charge in [0, 0.05) is 24.6 Å². The Hall–Kier alpha value is -4.05. The molecule has 6 rings (SSSR count). The Kier molecular flexibility index (Phi) is 13.9. The largest absolute Gasteiger partial charge is 0.379 e. The van der Waals surface area contributed by atoms with Gasteiger partial charge in [0.15, 0.2) is 0 Å². The molecule has 1 aromatic heterocycles. The van der Waals surface area contributed by atoms with Gasteiger partial charge in [0.2, 0.25) is 0 Å². The first kappa shape index (κ1) is 37.7. The van der Waals surface area contributed by atoms with E-state index in [-0.39, 0.29) is 10.8 Å². The van der Waals surface area contributed by atoms with Crippen LogP contribution >= 0.6 is 0 Å². The molecule has 3 heteroatoms. The van der Waals surface area contributed by atoms with Gasteiger partial charge in [-0.15, -0.1) is 0 Å². The minimum Gasteiger partial charge on any atom is -0.379 e. The van der Waals surface area contributed by atoms with E-state index < -0.39 is 0 Å². The molecule has 52 heavy (non-hydrogen) atoms. The second-order valence-electron chi connectivity index (χ2n) is 16.1. The molecule has 0 saturated heterocycles. The van der Waals surface area contributed by atoms with Crippen LogP contribution in [0.2, 0.25) is 0 Å². The van der Waals surface area contributed by atoms with Crippen LogP contribution in [0.25, 0.3) is 0 Å². The molecular weight excluding hydrogens is 635 g/mol. The number of hydrogen-bond donors (Lipinski definition) is 0. The van der Waals surface area contributed by atoms with Gasteiger partial charge in [0.25, 0.3) is 0 Å². The standard InChI is InChI=1S/C49H59NO2/c1-40-26-28-48(32-42-16-7-3-8-17-42,33-43-18-9-4-10-19-43)36-46-24-15-25-47(50-46)37-49(34-44-20-11-5-12-21-44,35-45-22-13-6-14-23-45)29-27-41(2)39-52-31-30-51-38-40/h3-25,40-41H,26-39H2,1-2H3. The van der Waals surface area contributed by atoms with E-state index in [1.807, 2.05) is 0 Å². The van der Waals surface area contributed by atoms with Crippen molar-refractivity contribution in [1.29, 1.82) is 0 Å². The van der Waals surface area contributed by atoms with E-state index in [4.69, 9.17) is 14.5 Å². The lowest BCUT2D eigenvalue weighted by atomic mass is 9.68. The van der Waals surface area contributed by atoms with Crippen molar-refractivity contribution in [2.24, 2.45) is 22.7 Å². The number of ether oxygens (including phenoxy) is 2. The number of nitrogens with zero attached hydrogens (tertiary/aromatic N) is 1. The molecule has 0 amide bonds. The van der Waals surface area contributed by atoms with Crippen LogP contribution in [0.3, 0.4) is 0 Å². The molecule has 0 radical (unpaired) electrons. The van der Waals surface area contributed by atoms with Crippen LogP contribution in [-0.4, -0.2) is 31.4 Å². The number of fused-ring (bicyclic) bond motifs is 2. The maximum absolute atomic E-state index is 6.22. The van der Waals surface area contributed by atoms with Crippen molar-refractivity contribution >= 4 is 0 Å². The Morgan fingerprint density at radius 2 is 0.788 bits per heavy atom. The first-order chi connectivity index (χ1) is 25.5. The Bertz CT molecular complexity index is 1510. The van der Waals surface area contributed by atoms with Gasteiger partial charge in [-0.3, -0.25) is 4.98 Å². The van der Waals surface area contributed by atoms with Gasteiger partial charge in [-0.05, 0) is 121 Å². The summed E-state index contributed by atoms with van der Waals surface area (Å²) in [7, 11) is 0. The van der Waals surface area contributed by atoms with Crippen molar-refractivity contribution in [1.82, 2.24) is 4.98 Å². The maximum Gasteiger partial charge on any atom is 0.0700 e. The predicted molar refractivity (Wildman–Crippen MR) is 216 cm³/mol. The quantitative estimate of drug-likeness (QED) is 0.162.